The molecule has 2 aromatic rings. The smallest absolute Gasteiger partial charge is 0.303 e. The van der Waals surface area contributed by atoms with Gasteiger partial charge in [-0.2, -0.15) is 0 Å². The minimum Gasteiger partial charge on any atom is -0.481 e. The quantitative estimate of drug-likeness (QED) is 0.899. The lowest BCUT2D eigenvalue weighted by Crippen LogP contribution is -1.98. The van der Waals surface area contributed by atoms with E-state index in [4.69, 9.17) is 9.52 Å². The maximum atomic E-state index is 10.5. The van der Waals surface area contributed by atoms with Crippen LogP contribution in [0, 0.1) is 13.8 Å². The molecule has 0 aliphatic carbocycles. The SMILES string of the molecule is Cc1ccc(-c2nc(CCC(=O)O)c(C)o2)cc1. The van der Waals surface area contributed by atoms with Crippen molar-refractivity contribution in [1.82, 2.24) is 4.98 Å². The van der Waals surface area contributed by atoms with Crippen LogP contribution >= 0.6 is 0 Å². The highest BCUT2D eigenvalue weighted by Gasteiger charge is 2.12. The van der Waals surface area contributed by atoms with Gasteiger partial charge in [0.25, 0.3) is 0 Å². The minimum absolute atomic E-state index is 0.0701. The van der Waals surface area contributed by atoms with Crippen LogP contribution in [0.25, 0.3) is 11.5 Å². The molecule has 0 aliphatic rings. The van der Waals surface area contributed by atoms with Gasteiger partial charge in [-0.3, -0.25) is 4.79 Å². The molecule has 0 radical (unpaired) electrons. The summed E-state index contributed by atoms with van der Waals surface area (Å²) in [6, 6.07) is 7.88. The summed E-state index contributed by atoms with van der Waals surface area (Å²) in [6.07, 6.45) is 0.469. The molecule has 94 valence electrons. The maximum Gasteiger partial charge on any atom is 0.303 e. The molecule has 4 nitrogen and oxygen atoms in total. The van der Waals surface area contributed by atoms with E-state index in [-0.39, 0.29) is 6.42 Å². The number of aryl methyl sites for hydroxylation is 3. The van der Waals surface area contributed by atoms with Gasteiger partial charge in [0.15, 0.2) is 0 Å². The van der Waals surface area contributed by atoms with Gasteiger partial charge in [-0.05, 0) is 26.0 Å². The van der Waals surface area contributed by atoms with Crippen LogP contribution in [0.5, 0.6) is 0 Å². The van der Waals surface area contributed by atoms with Crippen molar-refractivity contribution in [1.29, 1.82) is 0 Å². The lowest BCUT2D eigenvalue weighted by atomic mass is 10.1. The topological polar surface area (TPSA) is 63.3 Å². The standard InChI is InChI=1S/C14H15NO3/c1-9-3-5-11(6-4-9)14-15-12(10(2)18-14)7-8-13(16)17/h3-6H,7-8H2,1-2H3,(H,16,17). The second-order valence-electron chi connectivity index (χ2n) is 4.28. The Morgan fingerprint density at radius 1 is 1.28 bits per heavy atom. The third-order valence-electron chi connectivity index (χ3n) is 2.77. The number of oxazole rings is 1. The lowest BCUT2D eigenvalue weighted by Gasteiger charge is -1.95. The number of hydrogen-bond donors (Lipinski definition) is 1. The molecule has 0 atom stereocenters. The third kappa shape index (κ3) is 2.77. The van der Waals surface area contributed by atoms with Gasteiger partial charge < -0.3 is 9.52 Å². The summed E-state index contributed by atoms with van der Waals surface area (Å²) in [5, 5.41) is 8.66. The van der Waals surface area contributed by atoms with Crippen molar-refractivity contribution < 1.29 is 14.3 Å². The summed E-state index contributed by atoms with van der Waals surface area (Å²) in [7, 11) is 0. The lowest BCUT2D eigenvalue weighted by molar-refractivity contribution is -0.136. The van der Waals surface area contributed by atoms with E-state index in [0.29, 0.717) is 23.8 Å². The Kier molecular flexibility index (Phi) is 3.46. The number of nitrogens with zero attached hydrogens (tertiary/aromatic N) is 1. The van der Waals surface area contributed by atoms with Crippen LogP contribution in [0.3, 0.4) is 0 Å². The number of hydrogen-bond acceptors (Lipinski definition) is 3. The normalized spacial score (nSPS) is 10.6. The summed E-state index contributed by atoms with van der Waals surface area (Å²) in [5.41, 5.74) is 2.80. The van der Waals surface area contributed by atoms with Crippen molar-refractivity contribution in [2.75, 3.05) is 0 Å². The molecule has 0 saturated heterocycles. The molecule has 18 heavy (non-hydrogen) atoms. The first-order valence-corrected chi connectivity index (χ1v) is 5.81. The number of benzene rings is 1. The summed E-state index contributed by atoms with van der Waals surface area (Å²) < 4.78 is 5.57. The Hall–Kier alpha value is -2.10. The first kappa shape index (κ1) is 12.4. The van der Waals surface area contributed by atoms with Gasteiger partial charge in [-0.25, -0.2) is 4.98 Å². The van der Waals surface area contributed by atoms with E-state index in [1.807, 2.05) is 38.1 Å². The molecule has 0 saturated carbocycles. The van der Waals surface area contributed by atoms with Crippen molar-refractivity contribution in [2.24, 2.45) is 0 Å². The zero-order chi connectivity index (χ0) is 13.1. The number of carboxylic acids is 1. The molecular formula is C14H15NO3. The monoisotopic (exact) mass is 245 g/mol. The van der Waals surface area contributed by atoms with Gasteiger partial charge in [0.1, 0.15) is 5.76 Å². The van der Waals surface area contributed by atoms with E-state index in [1.165, 1.54) is 5.56 Å². The highest BCUT2D eigenvalue weighted by atomic mass is 16.4. The molecular weight excluding hydrogens is 230 g/mol. The first-order valence-electron chi connectivity index (χ1n) is 5.81. The van der Waals surface area contributed by atoms with Crippen molar-refractivity contribution >= 4 is 5.97 Å². The Morgan fingerprint density at radius 2 is 1.94 bits per heavy atom. The second kappa shape index (κ2) is 5.04. The van der Waals surface area contributed by atoms with E-state index in [9.17, 15) is 4.79 Å². The number of carboxylic acid groups (broad SMARTS) is 1. The first-order chi connectivity index (χ1) is 8.56. The molecule has 0 spiro atoms. The fraction of sp³-hybridized carbons (Fsp3) is 0.286. The number of aliphatic carboxylic acids is 1. The summed E-state index contributed by atoms with van der Waals surface area (Å²) in [5.74, 6) is 0.411. The van der Waals surface area contributed by atoms with Gasteiger partial charge in [-0.1, -0.05) is 17.7 Å². The van der Waals surface area contributed by atoms with Gasteiger partial charge in [0.05, 0.1) is 12.1 Å². The van der Waals surface area contributed by atoms with Crippen molar-refractivity contribution in [2.45, 2.75) is 26.7 Å². The van der Waals surface area contributed by atoms with Crippen LogP contribution in [0.4, 0.5) is 0 Å². The molecule has 1 heterocycles. The summed E-state index contributed by atoms with van der Waals surface area (Å²) >= 11 is 0. The Balaban J connectivity index is 2.22. The molecule has 0 unspecified atom stereocenters. The predicted molar refractivity (Wildman–Crippen MR) is 67.4 cm³/mol. The predicted octanol–water partition coefficient (Wildman–Crippen LogP) is 2.98. The number of carbonyl (C=O) groups is 1. The van der Waals surface area contributed by atoms with Crippen LogP contribution in [0.2, 0.25) is 0 Å². The zero-order valence-corrected chi connectivity index (χ0v) is 10.4. The number of aromatic nitrogens is 1. The van der Waals surface area contributed by atoms with Crippen LogP contribution in [0.1, 0.15) is 23.4 Å². The van der Waals surface area contributed by atoms with Gasteiger partial charge in [-0.15, -0.1) is 0 Å². The summed E-state index contributed by atoms with van der Waals surface area (Å²) in [4.78, 5) is 14.9. The molecule has 4 heteroatoms. The Labute approximate surface area is 105 Å². The van der Waals surface area contributed by atoms with E-state index < -0.39 is 5.97 Å². The second-order valence-corrected chi connectivity index (χ2v) is 4.28. The average Bonchev–Trinajstić information content (AvgIpc) is 2.69. The Bertz CT molecular complexity index is 555. The molecule has 0 aliphatic heterocycles. The van der Waals surface area contributed by atoms with Crippen molar-refractivity contribution in [3.63, 3.8) is 0 Å². The van der Waals surface area contributed by atoms with Crippen molar-refractivity contribution in [3.8, 4) is 11.5 Å². The average molecular weight is 245 g/mol. The van der Waals surface area contributed by atoms with Crippen LogP contribution in [0.15, 0.2) is 28.7 Å². The highest BCUT2D eigenvalue weighted by molar-refractivity contribution is 5.67. The molecule has 1 N–H and O–H groups in total. The number of rotatable bonds is 4. The molecule has 1 aromatic carbocycles. The van der Waals surface area contributed by atoms with Crippen molar-refractivity contribution in [3.05, 3.63) is 41.3 Å². The van der Waals surface area contributed by atoms with Gasteiger partial charge in [0, 0.05) is 12.0 Å². The molecule has 1 aromatic heterocycles. The molecule has 2 rings (SSSR count). The van der Waals surface area contributed by atoms with Gasteiger partial charge in [0.2, 0.25) is 5.89 Å². The third-order valence-corrected chi connectivity index (χ3v) is 2.77. The van der Waals surface area contributed by atoms with Crippen LogP contribution in [-0.2, 0) is 11.2 Å². The summed E-state index contributed by atoms with van der Waals surface area (Å²) in [6.45, 7) is 3.82. The molecule has 0 bridgehead atoms. The van der Waals surface area contributed by atoms with E-state index in [2.05, 4.69) is 4.98 Å². The highest BCUT2D eigenvalue weighted by Crippen LogP contribution is 2.22. The Morgan fingerprint density at radius 3 is 2.56 bits per heavy atom. The molecule has 0 fully saturated rings. The van der Waals surface area contributed by atoms with E-state index in [1.54, 1.807) is 0 Å². The van der Waals surface area contributed by atoms with E-state index >= 15 is 0 Å². The molecule has 0 amide bonds. The zero-order valence-electron chi connectivity index (χ0n) is 10.4. The van der Waals surface area contributed by atoms with E-state index in [0.717, 1.165) is 5.56 Å². The fourth-order valence-electron chi connectivity index (χ4n) is 1.70. The van der Waals surface area contributed by atoms with Gasteiger partial charge >= 0.3 is 5.97 Å². The van der Waals surface area contributed by atoms with Crippen LogP contribution < -0.4 is 0 Å². The maximum absolute atomic E-state index is 10.5. The minimum atomic E-state index is -0.825. The fourth-order valence-corrected chi connectivity index (χ4v) is 1.70. The largest absolute Gasteiger partial charge is 0.481 e. The van der Waals surface area contributed by atoms with Crippen LogP contribution in [-0.4, -0.2) is 16.1 Å².